The normalized spacial score (nSPS) is 29.3. The highest BCUT2D eigenvalue weighted by Crippen LogP contribution is 2.41. The monoisotopic (exact) mass is 374 g/mol. The topological polar surface area (TPSA) is 25.5 Å². The number of halogens is 1. The largest absolute Gasteiger partial charge is 0.357 e. The number of fused-ring (bicyclic) bond motifs is 7. The predicted octanol–water partition coefficient (Wildman–Crippen LogP) is 2.81. The van der Waals surface area contributed by atoms with Gasteiger partial charge in [0.15, 0.2) is 0 Å². The Balaban J connectivity index is 1.55. The van der Waals surface area contributed by atoms with Crippen molar-refractivity contribution >= 4 is 26.8 Å². The Bertz CT molecular complexity index is 755. The van der Waals surface area contributed by atoms with Crippen LogP contribution in [0.4, 0.5) is 0 Å². The minimum atomic E-state index is 0.567. The van der Waals surface area contributed by atoms with Gasteiger partial charge >= 0.3 is 0 Å². The SMILES string of the molecule is CN1CCN2CC[C@H]3c4[nH]c5cc(Br)ccc5c4CCN3[C@H]2C1. The third-order valence-electron chi connectivity index (χ3n) is 5.99. The van der Waals surface area contributed by atoms with Crippen LogP contribution in [0.15, 0.2) is 22.7 Å². The van der Waals surface area contributed by atoms with Crippen molar-refractivity contribution in [3.05, 3.63) is 33.9 Å². The van der Waals surface area contributed by atoms with Crippen molar-refractivity contribution in [2.45, 2.75) is 25.0 Å². The van der Waals surface area contributed by atoms with Crippen molar-refractivity contribution in [3.8, 4) is 0 Å². The van der Waals surface area contributed by atoms with Gasteiger partial charge in [-0.3, -0.25) is 9.80 Å². The summed E-state index contributed by atoms with van der Waals surface area (Å²) in [5, 5.41) is 1.42. The highest BCUT2D eigenvalue weighted by atomic mass is 79.9. The average molecular weight is 375 g/mol. The smallest absolute Gasteiger partial charge is 0.0759 e. The van der Waals surface area contributed by atoms with Crippen molar-refractivity contribution in [2.75, 3.05) is 39.8 Å². The third kappa shape index (κ3) is 2.21. The number of aromatic amines is 1. The molecule has 2 saturated heterocycles. The lowest BCUT2D eigenvalue weighted by Crippen LogP contribution is -2.64. The Kier molecular flexibility index (Phi) is 3.34. The number of rotatable bonds is 0. The van der Waals surface area contributed by atoms with Crippen LogP contribution in [0.5, 0.6) is 0 Å². The van der Waals surface area contributed by atoms with Gasteiger partial charge in [-0.2, -0.15) is 0 Å². The number of piperazine rings is 1. The van der Waals surface area contributed by atoms with Crippen LogP contribution in [0.25, 0.3) is 10.9 Å². The van der Waals surface area contributed by atoms with E-state index in [9.17, 15) is 0 Å². The molecule has 2 fully saturated rings. The van der Waals surface area contributed by atoms with Crippen LogP contribution in [0.3, 0.4) is 0 Å². The fourth-order valence-corrected chi connectivity index (χ4v) is 5.19. The van der Waals surface area contributed by atoms with Crippen molar-refractivity contribution in [2.24, 2.45) is 0 Å². The molecular formula is C18H23BrN4. The minimum Gasteiger partial charge on any atom is -0.357 e. The first-order chi connectivity index (χ1) is 11.2. The zero-order valence-corrected chi connectivity index (χ0v) is 15.1. The van der Waals surface area contributed by atoms with E-state index in [1.807, 2.05) is 0 Å². The quantitative estimate of drug-likeness (QED) is 0.767. The van der Waals surface area contributed by atoms with Crippen molar-refractivity contribution in [1.29, 1.82) is 0 Å². The molecule has 0 unspecified atom stereocenters. The van der Waals surface area contributed by atoms with E-state index < -0.39 is 0 Å². The molecule has 23 heavy (non-hydrogen) atoms. The lowest BCUT2D eigenvalue weighted by atomic mass is 9.92. The third-order valence-corrected chi connectivity index (χ3v) is 6.49. The van der Waals surface area contributed by atoms with Crippen molar-refractivity contribution in [1.82, 2.24) is 19.7 Å². The number of benzene rings is 1. The van der Waals surface area contributed by atoms with Gasteiger partial charge in [0, 0.05) is 53.8 Å². The summed E-state index contributed by atoms with van der Waals surface area (Å²) >= 11 is 3.60. The number of hydrogen-bond donors (Lipinski definition) is 1. The van der Waals surface area contributed by atoms with Crippen LogP contribution in [0, 0.1) is 0 Å². The van der Waals surface area contributed by atoms with Gasteiger partial charge in [-0.05, 0) is 37.6 Å². The van der Waals surface area contributed by atoms with Gasteiger partial charge in [0.05, 0.1) is 12.2 Å². The molecule has 3 aliphatic heterocycles. The van der Waals surface area contributed by atoms with Crippen LogP contribution in [0.1, 0.15) is 23.7 Å². The molecule has 4 nitrogen and oxygen atoms in total. The first kappa shape index (κ1) is 14.5. The van der Waals surface area contributed by atoms with Crippen LogP contribution in [-0.4, -0.2) is 65.6 Å². The summed E-state index contributed by atoms with van der Waals surface area (Å²) in [6.45, 7) is 6.03. The number of aromatic nitrogens is 1. The molecule has 0 spiro atoms. The van der Waals surface area contributed by atoms with E-state index in [4.69, 9.17) is 0 Å². The zero-order chi connectivity index (χ0) is 15.6. The summed E-state index contributed by atoms with van der Waals surface area (Å²) in [7, 11) is 2.26. The first-order valence-electron chi connectivity index (χ1n) is 8.69. The maximum atomic E-state index is 3.76. The van der Waals surface area contributed by atoms with E-state index >= 15 is 0 Å². The Labute approximate surface area is 145 Å². The standard InChI is InChI=1S/C18H23BrN4/c1-21-8-9-22-6-5-16-18-14(4-7-23(16)17(22)11-21)13-3-2-12(19)10-15(13)20-18/h2-3,10,16-17,20H,4-9,11H2,1H3/t16-,17-/m0/s1. The zero-order valence-electron chi connectivity index (χ0n) is 13.6. The number of H-pyrrole nitrogens is 1. The van der Waals surface area contributed by atoms with Crippen molar-refractivity contribution < 1.29 is 0 Å². The highest BCUT2D eigenvalue weighted by molar-refractivity contribution is 9.10. The predicted molar refractivity (Wildman–Crippen MR) is 96.6 cm³/mol. The lowest BCUT2D eigenvalue weighted by Gasteiger charge is -2.53. The Morgan fingerprint density at radius 3 is 3.00 bits per heavy atom. The van der Waals surface area contributed by atoms with E-state index in [0.29, 0.717) is 12.2 Å². The molecule has 0 aliphatic carbocycles. The first-order valence-corrected chi connectivity index (χ1v) is 9.48. The van der Waals surface area contributed by atoms with Gasteiger partial charge in [-0.1, -0.05) is 22.0 Å². The fraction of sp³-hybridized carbons (Fsp3) is 0.556. The maximum Gasteiger partial charge on any atom is 0.0759 e. The molecule has 2 aromatic rings. The molecule has 0 amide bonds. The van der Waals surface area contributed by atoms with Crippen LogP contribution >= 0.6 is 15.9 Å². The second kappa shape index (κ2) is 5.31. The Morgan fingerprint density at radius 2 is 2.09 bits per heavy atom. The molecule has 5 heteroatoms. The number of hydrogen-bond acceptors (Lipinski definition) is 3. The maximum absolute atomic E-state index is 3.76. The van der Waals surface area contributed by atoms with Crippen LogP contribution in [-0.2, 0) is 6.42 Å². The number of likely N-dealkylation sites (N-methyl/N-ethyl adjacent to an activating group) is 1. The fourth-order valence-electron chi connectivity index (χ4n) is 4.83. The van der Waals surface area contributed by atoms with E-state index in [0.717, 1.165) is 4.47 Å². The van der Waals surface area contributed by atoms with Crippen molar-refractivity contribution in [3.63, 3.8) is 0 Å². The molecular weight excluding hydrogens is 352 g/mol. The van der Waals surface area contributed by atoms with E-state index in [-0.39, 0.29) is 0 Å². The molecule has 4 heterocycles. The summed E-state index contributed by atoms with van der Waals surface area (Å²) in [4.78, 5) is 11.7. The Hall–Kier alpha value is -0.880. The van der Waals surface area contributed by atoms with Gasteiger partial charge in [0.1, 0.15) is 0 Å². The molecule has 5 rings (SSSR count). The molecule has 0 radical (unpaired) electrons. The molecule has 0 saturated carbocycles. The Morgan fingerprint density at radius 1 is 1.17 bits per heavy atom. The molecule has 2 atom stereocenters. The molecule has 3 aliphatic rings. The van der Waals surface area contributed by atoms with Gasteiger partial charge < -0.3 is 9.88 Å². The summed E-state index contributed by atoms with van der Waals surface area (Å²) in [5.74, 6) is 0. The molecule has 1 aromatic heterocycles. The van der Waals surface area contributed by atoms with Gasteiger partial charge in [-0.25, -0.2) is 0 Å². The second-order valence-electron chi connectivity index (χ2n) is 7.28. The van der Waals surface area contributed by atoms with Crippen LogP contribution in [0.2, 0.25) is 0 Å². The second-order valence-corrected chi connectivity index (χ2v) is 8.19. The minimum absolute atomic E-state index is 0.567. The summed E-state index contributed by atoms with van der Waals surface area (Å²) < 4.78 is 1.16. The van der Waals surface area contributed by atoms with E-state index in [2.05, 4.69) is 60.9 Å². The summed E-state index contributed by atoms with van der Waals surface area (Å²) in [6, 6.07) is 7.23. The molecule has 122 valence electrons. The number of nitrogens with zero attached hydrogens (tertiary/aromatic N) is 3. The summed E-state index contributed by atoms with van der Waals surface area (Å²) in [6.07, 6.45) is 3.02. The van der Waals surface area contributed by atoms with Gasteiger partial charge in [-0.15, -0.1) is 0 Å². The average Bonchev–Trinajstić information content (AvgIpc) is 2.92. The van der Waals surface area contributed by atoms with E-state index in [1.165, 1.54) is 62.2 Å². The number of nitrogens with one attached hydrogen (secondary N) is 1. The lowest BCUT2D eigenvalue weighted by molar-refractivity contribution is -0.0772. The van der Waals surface area contributed by atoms with Gasteiger partial charge in [0.25, 0.3) is 0 Å². The highest BCUT2D eigenvalue weighted by Gasteiger charge is 2.42. The summed E-state index contributed by atoms with van der Waals surface area (Å²) in [5.41, 5.74) is 4.33. The molecule has 1 aromatic carbocycles. The molecule has 0 bridgehead atoms. The molecule has 1 N–H and O–H groups in total. The van der Waals surface area contributed by atoms with Crippen LogP contribution < -0.4 is 0 Å². The van der Waals surface area contributed by atoms with Gasteiger partial charge in [0.2, 0.25) is 0 Å². The van der Waals surface area contributed by atoms with E-state index in [1.54, 1.807) is 5.56 Å².